The SMILES string of the molecule is CCc1ncnc(-c2ccc3oc(C)nc3c2)[nH]n(Cc2ccc(C(F)(F)F)cc2Cl)c(=O)c1N1CCN(C)CC1. The number of piperazine rings is 1. The highest BCUT2D eigenvalue weighted by atomic mass is 35.5. The number of aromatic nitrogens is 5. The summed E-state index contributed by atoms with van der Waals surface area (Å²) in [7, 11) is 2.02. The van der Waals surface area contributed by atoms with Gasteiger partial charge in [-0.3, -0.25) is 9.89 Å². The van der Waals surface area contributed by atoms with Crippen LogP contribution in [0.2, 0.25) is 5.02 Å². The number of aryl methyl sites for hydroxylation is 2. The van der Waals surface area contributed by atoms with E-state index in [1.165, 1.54) is 17.1 Å². The van der Waals surface area contributed by atoms with Gasteiger partial charge in [0.1, 0.15) is 17.5 Å². The van der Waals surface area contributed by atoms with Crippen LogP contribution in [0.1, 0.15) is 29.6 Å². The van der Waals surface area contributed by atoms with Gasteiger partial charge in [-0.1, -0.05) is 24.6 Å². The Morgan fingerprint density at radius 3 is 2.51 bits per heavy atom. The molecule has 3 heterocycles. The number of alkyl halides is 3. The van der Waals surface area contributed by atoms with Gasteiger partial charge < -0.3 is 14.2 Å². The van der Waals surface area contributed by atoms with Crippen molar-refractivity contribution in [3.8, 4) is 11.4 Å². The summed E-state index contributed by atoms with van der Waals surface area (Å²) < 4.78 is 46.8. The molecule has 1 aliphatic heterocycles. The highest BCUT2D eigenvalue weighted by molar-refractivity contribution is 6.31. The van der Waals surface area contributed by atoms with Crippen LogP contribution in [0.5, 0.6) is 0 Å². The molecule has 1 saturated heterocycles. The molecule has 1 fully saturated rings. The molecule has 0 aliphatic carbocycles. The van der Waals surface area contributed by atoms with E-state index in [9.17, 15) is 18.0 Å². The summed E-state index contributed by atoms with van der Waals surface area (Å²) in [6, 6.07) is 8.40. The predicted octanol–water partition coefficient (Wildman–Crippen LogP) is 5.24. The van der Waals surface area contributed by atoms with Gasteiger partial charge in [0, 0.05) is 43.7 Å². The van der Waals surface area contributed by atoms with Gasteiger partial charge in [0.05, 0.1) is 17.8 Å². The molecule has 216 valence electrons. The fraction of sp³-hybridized carbons (Fsp3) is 0.357. The van der Waals surface area contributed by atoms with E-state index in [0.717, 1.165) is 25.2 Å². The molecule has 5 rings (SSSR count). The molecule has 2 aromatic heterocycles. The summed E-state index contributed by atoms with van der Waals surface area (Å²) in [5.41, 5.74) is 1.84. The Kier molecular flexibility index (Phi) is 8.05. The van der Waals surface area contributed by atoms with E-state index in [2.05, 4.69) is 25.0 Å². The average Bonchev–Trinajstić information content (AvgIpc) is 3.33. The molecule has 0 unspecified atom stereocenters. The van der Waals surface area contributed by atoms with Gasteiger partial charge in [-0.15, -0.1) is 0 Å². The molecule has 2 aromatic carbocycles. The third-order valence-electron chi connectivity index (χ3n) is 6.99. The fourth-order valence-corrected chi connectivity index (χ4v) is 4.99. The van der Waals surface area contributed by atoms with E-state index in [-0.39, 0.29) is 11.6 Å². The first-order chi connectivity index (χ1) is 19.5. The molecule has 0 amide bonds. The number of nitrogens with one attached hydrogen (secondary N) is 1. The van der Waals surface area contributed by atoms with Crippen LogP contribution in [0.15, 0.2) is 51.9 Å². The van der Waals surface area contributed by atoms with Gasteiger partial charge in [-0.05, 0) is 49.4 Å². The number of halogens is 4. The van der Waals surface area contributed by atoms with Crippen LogP contribution < -0.4 is 10.5 Å². The summed E-state index contributed by atoms with van der Waals surface area (Å²) >= 11 is 6.32. The summed E-state index contributed by atoms with van der Waals surface area (Å²) in [5.74, 6) is 0.799. The second-order valence-electron chi connectivity index (χ2n) is 9.88. The van der Waals surface area contributed by atoms with Gasteiger partial charge in [-0.2, -0.15) is 13.2 Å². The molecule has 0 saturated carbocycles. The van der Waals surface area contributed by atoms with Crippen molar-refractivity contribution in [3.63, 3.8) is 0 Å². The number of hydrogen-bond donors (Lipinski definition) is 1. The zero-order valence-corrected chi connectivity index (χ0v) is 23.6. The van der Waals surface area contributed by atoms with Crippen molar-refractivity contribution in [1.82, 2.24) is 29.6 Å². The molecule has 1 N–H and O–H groups in total. The lowest BCUT2D eigenvalue weighted by Crippen LogP contribution is -2.47. The maximum Gasteiger partial charge on any atom is 0.416 e. The first-order valence-corrected chi connectivity index (χ1v) is 13.5. The first-order valence-electron chi connectivity index (χ1n) is 13.1. The number of oxazole rings is 1. The fourth-order valence-electron chi connectivity index (χ4n) is 4.75. The standard InChI is InChI=1S/C28H29ClF3N7O2/c1-4-22-25(38-11-9-37(3)10-12-38)27(40)39(15-19-5-7-20(14-21(19)29)28(30,31)32)36-26(34-16-33-22)18-6-8-24-23(13-18)35-17(2)41-24/h5-8,13-14,16H,4,9-12,15H2,1-3H3,(H,33,34,36). The number of anilines is 1. The molecular formula is C28H29ClF3N7O2. The maximum absolute atomic E-state index is 14.3. The van der Waals surface area contributed by atoms with Gasteiger partial charge in [0.2, 0.25) is 0 Å². The van der Waals surface area contributed by atoms with Crippen molar-refractivity contribution < 1.29 is 17.6 Å². The molecule has 0 spiro atoms. The van der Waals surface area contributed by atoms with Crippen molar-refractivity contribution in [3.05, 3.63) is 80.8 Å². The lowest BCUT2D eigenvalue weighted by molar-refractivity contribution is -0.137. The minimum Gasteiger partial charge on any atom is -0.441 e. The molecule has 4 aromatic rings. The number of aromatic amines is 1. The number of likely N-dealkylation sites (N-methyl/N-ethyl adjacent to an activating group) is 1. The van der Waals surface area contributed by atoms with Crippen LogP contribution in [0.25, 0.3) is 22.5 Å². The number of H-pyrrole nitrogens is 1. The number of benzene rings is 2. The highest BCUT2D eigenvalue weighted by Crippen LogP contribution is 2.32. The Morgan fingerprint density at radius 2 is 1.83 bits per heavy atom. The Balaban J connectivity index is 1.72. The van der Waals surface area contributed by atoms with E-state index >= 15 is 0 Å². The Hall–Kier alpha value is -3.90. The van der Waals surface area contributed by atoms with Crippen molar-refractivity contribution in [2.24, 2.45) is 0 Å². The summed E-state index contributed by atoms with van der Waals surface area (Å²) in [5, 5.41) is 3.00. The Labute approximate surface area is 238 Å². The van der Waals surface area contributed by atoms with Crippen molar-refractivity contribution in [1.29, 1.82) is 0 Å². The van der Waals surface area contributed by atoms with Crippen LogP contribution in [-0.2, 0) is 19.1 Å². The molecule has 41 heavy (non-hydrogen) atoms. The van der Waals surface area contributed by atoms with Gasteiger partial charge >= 0.3 is 6.18 Å². The predicted molar refractivity (Wildman–Crippen MR) is 151 cm³/mol. The Morgan fingerprint density at radius 1 is 1.07 bits per heavy atom. The lowest BCUT2D eigenvalue weighted by Gasteiger charge is -2.34. The lowest BCUT2D eigenvalue weighted by atomic mass is 10.1. The van der Waals surface area contributed by atoms with E-state index in [0.29, 0.717) is 64.8 Å². The van der Waals surface area contributed by atoms with Crippen molar-refractivity contribution in [2.45, 2.75) is 33.0 Å². The number of hydrogen-bond acceptors (Lipinski definition) is 7. The molecule has 0 atom stereocenters. The monoisotopic (exact) mass is 587 g/mol. The van der Waals surface area contributed by atoms with E-state index in [4.69, 9.17) is 16.0 Å². The van der Waals surface area contributed by atoms with Crippen molar-refractivity contribution >= 4 is 28.4 Å². The van der Waals surface area contributed by atoms with Gasteiger partial charge in [-0.25, -0.2) is 19.6 Å². The van der Waals surface area contributed by atoms with Crippen LogP contribution in [0, 0.1) is 6.92 Å². The second kappa shape index (κ2) is 11.5. The largest absolute Gasteiger partial charge is 0.441 e. The average molecular weight is 588 g/mol. The van der Waals surface area contributed by atoms with E-state index in [1.807, 2.05) is 18.9 Å². The normalized spacial score (nSPS) is 14.5. The third-order valence-corrected chi connectivity index (χ3v) is 7.35. The molecule has 13 heteroatoms. The summed E-state index contributed by atoms with van der Waals surface area (Å²) in [4.78, 5) is 32.0. The van der Waals surface area contributed by atoms with Crippen LogP contribution >= 0.6 is 11.6 Å². The molecule has 9 nitrogen and oxygen atoms in total. The number of rotatable bonds is 5. The van der Waals surface area contributed by atoms with E-state index < -0.39 is 17.3 Å². The summed E-state index contributed by atoms with van der Waals surface area (Å²) in [6.07, 6.45) is -2.68. The smallest absolute Gasteiger partial charge is 0.416 e. The van der Waals surface area contributed by atoms with Crippen LogP contribution in [0.4, 0.5) is 18.9 Å². The maximum atomic E-state index is 14.3. The topological polar surface area (TPSA) is 96.1 Å². The first kappa shape index (κ1) is 28.6. The zero-order valence-electron chi connectivity index (χ0n) is 22.8. The minimum atomic E-state index is -4.54. The molecule has 0 radical (unpaired) electrons. The Bertz CT molecular complexity index is 1690. The third kappa shape index (κ3) is 6.23. The molecule has 0 bridgehead atoms. The molecule has 1 aliphatic rings. The zero-order chi connectivity index (χ0) is 29.3. The van der Waals surface area contributed by atoms with Crippen LogP contribution in [0.3, 0.4) is 0 Å². The minimum absolute atomic E-state index is 0.107. The quantitative estimate of drug-likeness (QED) is 0.341. The second-order valence-corrected chi connectivity index (χ2v) is 10.3. The summed E-state index contributed by atoms with van der Waals surface area (Å²) in [6.45, 7) is 6.26. The van der Waals surface area contributed by atoms with Crippen LogP contribution in [-0.4, -0.2) is 62.9 Å². The molecular weight excluding hydrogens is 559 g/mol. The van der Waals surface area contributed by atoms with Crippen molar-refractivity contribution in [2.75, 3.05) is 38.1 Å². The van der Waals surface area contributed by atoms with Gasteiger partial charge in [0.15, 0.2) is 17.3 Å². The number of fused-ring (bicyclic) bond motifs is 1. The number of nitrogens with zero attached hydrogens (tertiary/aromatic N) is 6. The van der Waals surface area contributed by atoms with Gasteiger partial charge in [0.25, 0.3) is 5.56 Å². The van der Waals surface area contributed by atoms with E-state index in [1.54, 1.807) is 25.1 Å². The highest BCUT2D eigenvalue weighted by Gasteiger charge is 2.31.